The highest BCUT2D eigenvalue weighted by Gasteiger charge is 2.18. The Morgan fingerprint density at radius 1 is 1.17 bits per heavy atom. The summed E-state index contributed by atoms with van der Waals surface area (Å²) in [7, 11) is 0. The van der Waals surface area contributed by atoms with Gasteiger partial charge in [-0.2, -0.15) is 0 Å². The van der Waals surface area contributed by atoms with Gasteiger partial charge in [0.25, 0.3) is 5.91 Å². The van der Waals surface area contributed by atoms with Crippen LogP contribution in [0.2, 0.25) is 0 Å². The minimum Gasteiger partial charge on any atom is -0.349 e. The van der Waals surface area contributed by atoms with E-state index in [1.54, 1.807) is 0 Å². The van der Waals surface area contributed by atoms with E-state index in [-0.39, 0.29) is 5.91 Å². The number of benzene rings is 1. The second-order valence-corrected chi connectivity index (χ2v) is 5.27. The number of carbonyl (C=O) groups excluding carboxylic acids is 1. The van der Waals surface area contributed by atoms with Crippen molar-refractivity contribution in [2.75, 3.05) is 13.1 Å². The molecule has 0 saturated carbocycles. The molecule has 1 saturated heterocycles. The van der Waals surface area contributed by atoms with Gasteiger partial charge in [0.1, 0.15) is 0 Å². The van der Waals surface area contributed by atoms with Crippen molar-refractivity contribution in [2.24, 2.45) is 0 Å². The number of piperidine rings is 1. The smallest absolute Gasteiger partial charge is 0.252 e. The van der Waals surface area contributed by atoms with Gasteiger partial charge in [0.05, 0.1) is 0 Å². The highest BCUT2D eigenvalue weighted by molar-refractivity contribution is 5.97. The van der Waals surface area contributed by atoms with Crippen molar-refractivity contribution in [2.45, 2.75) is 39.7 Å². The first-order valence-corrected chi connectivity index (χ1v) is 6.67. The van der Waals surface area contributed by atoms with Gasteiger partial charge in [0, 0.05) is 11.6 Å². The summed E-state index contributed by atoms with van der Waals surface area (Å²) in [5.74, 6) is 0.0805. The fourth-order valence-electron chi connectivity index (χ4n) is 2.76. The van der Waals surface area contributed by atoms with Crippen LogP contribution in [0.1, 0.15) is 39.9 Å². The fraction of sp³-hybridized carbons (Fsp3) is 0.533. The molecule has 98 valence electrons. The summed E-state index contributed by atoms with van der Waals surface area (Å²) in [4.78, 5) is 12.3. The largest absolute Gasteiger partial charge is 0.349 e. The normalized spacial score (nSPS) is 16.6. The first-order valence-electron chi connectivity index (χ1n) is 6.67. The van der Waals surface area contributed by atoms with Gasteiger partial charge in [-0.1, -0.05) is 17.7 Å². The molecule has 0 aliphatic carbocycles. The molecule has 1 heterocycles. The molecule has 1 amide bonds. The van der Waals surface area contributed by atoms with Gasteiger partial charge in [0.2, 0.25) is 0 Å². The molecule has 1 aliphatic heterocycles. The van der Waals surface area contributed by atoms with E-state index in [2.05, 4.69) is 29.7 Å². The lowest BCUT2D eigenvalue weighted by Crippen LogP contribution is -2.43. The van der Waals surface area contributed by atoms with Gasteiger partial charge in [-0.05, 0) is 57.8 Å². The van der Waals surface area contributed by atoms with Crippen molar-refractivity contribution >= 4 is 5.91 Å². The van der Waals surface area contributed by atoms with Crippen LogP contribution in [-0.2, 0) is 0 Å². The molecule has 2 rings (SSSR count). The third-order valence-electron chi connectivity index (χ3n) is 3.58. The molecule has 1 aromatic rings. The Bertz CT molecular complexity index is 425. The zero-order valence-electron chi connectivity index (χ0n) is 11.5. The lowest BCUT2D eigenvalue weighted by molar-refractivity contribution is 0.0928. The molecule has 0 unspecified atom stereocenters. The maximum atomic E-state index is 12.3. The molecule has 3 nitrogen and oxygen atoms in total. The Hall–Kier alpha value is -1.35. The zero-order valence-corrected chi connectivity index (χ0v) is 11.5. The lowest BCUT2D eigenvalue weighted by Gasteiger charge is -2.24. The van der Waals surface area contributed by atoms with E-state index in [4.69, 9.17) is 0 Å². The first-order chi connectivity index (χ1) is 8.58. The maximum Gasteiger partial charge on any atom is 0.252 e. The standard InChI is InChI=1S/C15H22N2O/c1-10-8-11(2)14(12(3)9-10)15(18)17-13-4-6-16-7-5-13/h8-9,13,16H,4-7H2,1-3H3,(H,17,18). The van der Waals surface area contributed by atoms with Crippen molar-refractivity contribution < 1.29 is 4.79 Å². The first kappa shape index (κ1) is 13.1. The van der Waals surface area contributed by atoms with E-state index in [9.17, 15) is 4.79 Å². The average molecular weight is 246 g/mol. The SMILES string of the molecule is Cc1cc(C)c(C(=O)NC2CCNCC2)c(C)c1. The van der Waals surface area contributed by atoms with E-state index >= 15 is 0 Å². The molecule has 18 heavy (non-hydrogen) atoms. The molecular weight excluding hydrogens is 224 g/mol. The summed E-state index contributed by atoms with van der Waals surface area (Å²) in [5.41, 5.74) is 4.19. The summed E-state index contributed by atoms with van der Waals surface area (Å²) < 4.78 is 0. The average Bonchev–Trinajstić information content (AvgIpc) is 2.28. The van der Waals surface area contributed by atoms with Crippen molar-refractivity contribution in [3.8, 4) is 0 Å². The van der Waals surface area contributed by atoms with Crippen LogP contribution >= 0.6 is 0 Å². The molecule has 3 heteroatoms. The quantitative estimate of drug-likeness (QED) is 0.839. The summed E-state index contributed by atoms with van der Waals surface area (Å²) in [6, 6.07) is 4.47. The van der Waals surface area contributed by atoms with Gasteiger partial charge >= 0.3 is 0 Å². The molecule has 0 bridgehead atoms. The Kier molecular flexibility index (Phi) is 4.02. The Morgan fingerprint density at radius 2 is 1.72 bits per heavy atom. The second-order valence-electron chi connectivity index (χ2n) is 5.27. The summed E-state index contributed by atoms with van der Waals surface area (Å²) in [6.07, 6.45) is 2.05. The van der Waals surface area contributed by atoms with Crippen LogP contribution < -0.4 is 10.6 Å². The Balaban J connectivity index is 2.13. The molecule has 1 aromatic carbocycles. The van der Waals surface area contributed by atoms with E-state index < -0.39 is 0 Å². The summed E-state index contributed by atoms with van der Waals surface area (Å²) in [5, 5.41) is 6.46. The molecular formula is C15H22N2O. The number of rotatable bonds is 2. The van der Waals surface area contributed by atoms with Gasteiger partial charge in [0.15, 0.2) is 0 Å². The van der Waals surface area contributed by atoms with Gasteiger partial charge in [-0.3, -0.25) is 4.79 Å². The van der Waals surface area contributed by atoms with E-state index in [1.807, 2.05) is 13.8 Å². The summed E-state index contributed by atoms with van der Waals surface area (Å²) in [6.45, 7) is 8.08. The number of hydrogen-bond acceptors (Lipinski definition) is 2. The minimum absolute atomic E-state index is 0.0805. The topological polar surface area (TPSA) is 41.1 Å². The van der Waals surface area contributed by atoms with E-state index in [1.165, 1.54) is 5.56 Å². The minimum atomic E-state index is 0.0805. The van der Waals surface area contributed by atoms with Gasteiger partial charge in [-0.15, -0.1) is 0 Å². The highest BCUT2D eigenvalue weighted by Crippen LogP contribution is 2.17. The van der Waals surface area contributed by atoms with Crippen molar-refractivity contribution in [3.05, 3.63) is 34.4 Å². The third-order valence-corrected chi connectivity index (χ3v) is 3.58. The van der Waals surface area contributed by atoms with Crippen molar-refractivity contribution in [1.82, 2.24) is 10.6 Å². The van der Waals surface area contributed by atoms with Crippen LogP contribution in [0.5, 0.6) is 0 Å². The number of hydrogen-bond donors (Lipinski definition) is 2. The van der Waals surface area contributed by atoms with Gasteiger partial charge in [-0.25, -0.2) is 0 Å². The number of carbonyl (C=O) groups is 1. The highest BCUT2D eigenvalue weighted by atomic mass is 16.1. The Labute approximate surface area is 109 Å². The Morgan fingerprint density at radius 3 is 2.28 bits per heavy atom. The predicted octanol–water partition coefficient (Wildman–Crippen LogP) is 2.09. The molecule has 0 radical (unpaired) electrons. The van der Waals surface area contributed by atoms with Crippen LogP contribution in [0.4, 0.5) is 0 Å². The van der Waals surface area contributed by atoms with Crippen LogP contribution in [-0.4, -0.2) is 25.0 Å². The fourth-order valence-corrected chi connectivity index (χ4v) is 2.76. The number of amides is 1. The number of nitrogens with one attached hydrogen (secondary N) is 2. The van der Waals surface area contributed by atoms with Crippen LogP contribution in [0.15, 0.2) is 12.1 Å². The summed E-state index contributed by atoms with van der Waals surface area (Å²) >= 11 is 0. The molecule has 1 fully saturated rings. The van der Waals surface area contributed by atoms with Crippen LogP contribution in [0, 0.1) is 20.8 Å². The molecule has 2 N–H and O–H groups in total. The third kappa shape index (κ3) is 2.91. The number of aryl methyl sites for hydroxylation is 3. The molecule has 0 aromatic heterocycles. The van der Waals surface area contributed by atoms with E-state index in [0.29, 0.717) is 6.04 Å². The second kappa shape index (κ2) is 5.53. The van der Waals surface area contributed by atoms with Crippen LogP contribution in [0.25, 0.3) is 0 Å². The predicted molar refractivity (Wildman–Crippen MR) is 74.0 cm³/mol. The molecule has 0 spiro atoms. The molecule has 1 aliphatic rings. The monoisotopic (exact) mass is 246 g/mol. The lowest BCUT2D eigenvalue weighted by atomic mass is 9.98. The zero-order chi connectivity index (χ0) is 13.1. The van der Waals surface area contributed by atoms with Gasteiger partial charge < -0.3 is 10.6 Å². The molecule has 0 atom stereocenters. The van der Waals surface area contributed by atoms with E-state index in [0.717, 1.165) is 42.6 Å². The van der Waals surface area contributed by atoms with Crippen LogP contribution in [0.3, 0.4) is 0 Å². The maximum absolute atomic E-state index is 12.3. The van der Waals surface area contributed by atoms with Crippen molar-refractivity contribution in [3.63, 3.8) is 0 Å². The van der Waals surface area contributed by atoms with Crippen molar-refractivity contribution in [1.29, 1.82) is 0 Å².